The smallest absolute Gasteiger partial charge is 0.326 e. The lowest BCUT2D eigenvalue weighted by Gasteiger charge is -2.25. The number of primary amides is 1. The number of nitrogens with one attached hydrogen (secondary N) is 4. The topological polar surface area (TPSA) is 247 Å². The lowest BCUT2D eigenvalue weighted by molar-refractivity contribution is -0.143. The highest BCUT2D eigenvalue weighted by molar-refractivity contribution is 5.95. The maximum absolute atomic E-state index is 13.6. The van der Waals surface area contributed by atoms with Gasteiger partial charge in [0.2, 0.25) is 23.6 Å². The second kappa shape index (κ2) is 15.1. The van der Waals surface area contributed by atoms with Crippen molar-refractivity contribution in [2.45, 2.75) is 56.3 Å². The number of carboxylic acid groups (broad SMARTS) is 2. The van der Waals surface area contributed by atoms with Gasteiger partial charge in [0.25, 0.3) is 0 Å². The number of amides is 4. The molecule has 4 unspecified atom stereocenters. The molecular formula is C29H34N6O8. The number of fused-ring (bicyclic) bond motifs is 1. The van der Waals surface area contributed by atoms with Crippen LogP contribution in [0.15, 0.2) is 60.8 Å². The van der Waals surface area contributed by atoms with Gasteiger partial charge in [-0.25, -0.2) is 4.79 Å². The van der Waals surface area contributed by atoms with Crippen molar-refractivity contribution in [3.63, 3.8) is 0 Å². The number of rotatable bonds is 16. The summed E-state index contributed by atoms with van der Waals surface area (Å²) in [4.78, 5) is 76.9. The Labute approximate surface area is 246 Å². The zero-order valence-electron chi connectivity index (χ0n) is 23.1. The largest absolute Gasteiger partial charge is 0.481 e. The molecule has 0 aliphatic rings. The van der Waals surface area contributed by atoms with Crippen molar-refractivity contribution in [1.29, 1.82) is 0 Å². The van der Waals surface area contributed by atoms with Crippen LogP contribution in [-0.2, 0) is 41.6 Å². The van der Waals surface area contributed by atoms with Crippen LogP contribution in [-0.4, -0.2) is 74.9 Å². The SMILES string of the molecule is NC(=O)CC(NC(=O)C(Cc1c[nH]c2ccccc12)NC(=O)C(Cc1ccccc1)NC(=O)C(N)CCC(=O)O)C(=O)O. The number of carbonyl (C=O) groups excluding carboxylic acids is 4. The fourth-order valence-corrected chi connectivity index (χ4v) is 4.42. The van der Waals surface area contributed by atoms with Gasteiger partial charge in [0.1, 0.15) is 18.1 Å². The van der Waals surface area contributed by atoms with Gasteiger partial charge in [0.05, 0.1) is 12.5 Å². The first-order chi connectivity index (χ1) is 20.4. The van der Waals surface area contributed by atoms with Gasteiger partial charge in [-0.15, -0.1) is 0 Å². The van der Waals surface area contributed by atoms with Crippen LogP contribution < -0.4 is 27.4 Å². The first-order valence-electron chi connectivity index (χ1n) is 13.4. The van der Waals surface area contributed by atoms with Crippen LogP contribution in [0.4, 0.5) is 0 Å². The lowest BCUT2D eigenvalue weighted by atomic mass is 10.0. The van der Waals surface area contributed by atoms with Gasteiger partial charge >= 0.3 is 11.9 Å². The zero-order chi connectivity index (χ0) is 31.5. The highest BCUT2D eigenvalue weighted by Gasteiger charge is 2.31. The molecular weight excluding hydrogens is 560 g/mol. The molecule has 3 rings (SSSR count). The summed E-state index contributed by atoms with van der Waals surface area (Å²) in [6.45, 7) is 0. The summed E-state index contributed by atoms with van der Waals surface area (Å²) in [5, 5.41) is 26.6. The monoisotopic (exact) mass is 594 g/mol. The van der Waals surface area contributed by atoms with E-state index in [1.165, 1.54) is 0 Å². The number of aromatic amines is 1. The van der Waals surface area contributed by atoms with Crippen molar-refractivity contribution in [2.24, 2.45) is 11.5 Å². The number of hydrogen-bond acceptors (Lipinski definition) is 7. The molecule has 0 saturated carbocycles. The third-order valence-electron chi connectivity index (χ3n) is 6.67. The van der Waals surface area contributed by atoms with Gasteiger partial charge in [-0.2, -0.15) is 0 Å². The molecule has 14 heteroatoms. The summed E-state index contributed by atoms with van der Waals surface area (Å²) in [5.74, 6) is -6.00. The minimum absolute atomic E-state index is 0.00488. The van der Waals surface area contributed by atoms with Gasteiger partial charge in [-0.3, -0.25) is 24.0 Å². The molecule has 4 amide bonds. The molecule has 14 nitrogen and oxygen atoms in total. The number of nitrogens with two attached hydrogens (primary N) is 2. The Kier molecular flexibility index (Phi) is 11.3. The molecule has 0 spiro atoms. The second-order valence-corrected chi connectivity index (χ2v) is 9.98. The standard InChI is InChI=1S/C29H34N6O8/c30-19(10-11-25(37)38)26(39)33-21(12-16-6-2-1-3-7-16)27(40)34-22(28(41)35-23(29(42)43)14-24(31)36)13-17-15-32-20-9-5-4-8-18(17)20/h1-9,15,19,21-23,32H,10-14,30H2,(H2,31,36)(H,33,39)(H,34,40)(H,35,41)(H,37,38)(H,42,43). The van der Waals surface area contributed by atoms with E-state index in [9.17, 15) is 33.9 Å². The Morgan fingerprint density at radius 3 is 1.98 bits per heavy atom. The molecule has 3 aromatic rings. The van der Waals surface area contributed by atoms with E-state index < -0.39 is 66.2 Å². The molecule has 0 fully saturated rings. The molecule has 10 N–H and O–H groups in total. The number of benzene rings is 2. The molecule has 1 heterocycles. The van der Waals surface area contributed by atoms with Crippen LogP contribution >= 0.6 is 0 Å². The van der Waals surface area contributed by atoms with Crippen LogP contribution in [0, 0.1) is 0 Å². The Hall–Kier alpha value is -5.24. The number of carbonyl (C=O) groups is 6. The van der Waals surface area contributed by atoms with Crippen molar-refractivity contribution in [3.05, 3.63) is 71.9 Å². The van der Waals surface area contributed by atoms with Crippen LogP contribution in [0.25, 0.3) is 10.9 Å². The third-order valence-corrected chi connectivity index (χ3v) is 6.67. The minimum Gasteiger partial charge on any atom is -0.481 e. The first-order valence-corrected chi connectivity index (χ1v) is 13.4. The molecule has 0 radical (unpaired) electrons. The van der Waals surface area contributed by atoms with Crippen molar-refractivity contribution in [1.82, 2.24) is 20.9 Å². The maximum Gasteiger partial charge on any atom is 0.326 e. The van der Waals surface area contributed by atoms with E-state index in [-0.39, 0.29) is 25.7 Å². The van der Waals surface area contributed by atoms with Crippen molar-refractivity contribution in [3.8, 4) is 0 Å². The number of carboxylic acids is 2. The molecule has 0 saturated heterocycles. The molecule has 43 heavy (non-hydrogen) atoms. The zero-order valence-corrected chi connectivity index (χ0v) is 23.1. The predicted octanol–water partition coefficient (Wildman–Crippen LogP) is -0.440. The van der Waals surface area contributed by atoms with Gasteiger partial charge in [0.15, 0.2) is 0 Å². The Morgan fingerprint density at radius 1 is 0.767 bits per heavy atom. The maximum atomic E-state index is 13.6. The number of aliphatic carboxylic acids is 2. The van der Waals surface area contributed by atoms with Crippen LogP contribution in [0.2, 0.25) is 0 Å². The number of H-pyrrole nitrogens is 1. The minimum atomic E-state index is -1.64. The van der Waals surface area contributed by atoms with Gasteiger partial charge in [-0.05, 0) is 23.6 Å². The Morgan fingerprint density at radius 2 is 1.35 bits per heavy atom. The van der Waals surface area contributed by atoms with Crippen molar-refractivity contribution in [2.75, 3.05) is 0 Å². The molecule has 228 valence electrons. The molecule has 0 aliphatic heterocycles. The number of aromatic nitrogens is 1. The molecule has 4 atom stereocenters. The van der Waals surface area contributed by atoms with Gasteiger partial charge in [0, 0.05) is 36.4 Å². The van der Waals surface area contributed by atoms with E-state index in [1.807, 2.05) is 18.2 Å². The summed E-state index contributed by atoms with van der Waals surface area (Å²) in [5.41, 5.74) is 13.1. The van der Waals surface area contributed by atoms with E-state index in [2.05, 4.69) is 20.9 Å². The molecule has 2 aromatic carbocycles. The van der Waals surface area contributed by atoms with E-state index in [0.29, 0.717) is 11.1 Å². The van der Waals surface area contributed by atoms with Gasteiger partial charge < -0.3 is 42.6 Å². The normalized spacial score (nSPS) is 13.7. The summed E-state index contributed by atoms with van der Waals surface area (Å²) in [7, 11) is 0. The first kappa shape index (κ1) is 32.3. The van der Waals surface area contributed by atoms with Gasteiger partial charge in [-0.1, -0.05) is 48.5 Å². The van der Waals surface area contributed by atoms with Crippen LogP contribution in [0.1, 0.15) is 30.4 Å². The van der Waals surface area contributed by atoms with Crippen molar-refractivity contribution >= 4 is 46.5 Å². The lowest BCUT2D eigenvalue weighted by Crippen LogP contribution is -2.58. The van der Waals surface area contributed by atoms with E-state index in [1.54, 1.807) is 42.6 Å². The summed E-state index contributed by atoms with van der Waals surface area (Å²) >= 11 is 0. The van der Waals surface area contributed by atoms with Crippen LogP contribution in [0.5, 0.6) is 0 Å². The van der Waals surface area contributed by atoms with E-state index >= 15 is 0 Å². The predicted molar refractivity (Wildman–Crippen MR) is 154 cm³/mol. The second-order valence-electron chi connectivity index (χ2n) is 9.98. The Balaban J connectivity index is 1.89. The average Bonchev–Trinajstić information content (AvgIpc) is 3.37. The number of para-hydroxylation sites is 1. The van der Waals surface area contributed by atoms with E-state index in [0.717, 1.165) is 10.9 Å². The summed E-state index contributed by atoms with van der Waals surface area (Å²) in [6.07, 6.45) is 0.394. The highest BCUT2D eigenvalue weighted by atomic mass is 16.4. The average molecular weight is 595 g/mol. The molecule has 0 aliphatic carbocycles. The summed E-state index contributed by atoms with van der Waals surface area (Å²) < 4.78 is 0. The third kappa shape index (κ3) is 9.67. The highest BCUT2D eigenvalue weighted by Crippen LogP contribution is 2.19. The quantitative estimate of drug-likeness (QED) is 0.107. The summed E-state index contributed by atoms with van der Waals surface area (Å²) in [6, 6.07) is 10.5. The van der Waals surface area contributed by atoms with E-state index in [4.69, 9.17) is 16.6 Å². The fraction of sp³-hybridized carbons (Fsp3) is 0.310. The van der Waals surface area contributed by atoms with Crippen molar-refractivity contribution < 1.29 is 39.0 Å². The fourth-order valence-electron chi connectivity index (χ4n) is 4.42. The van der Waals surface area contributed by atoms with Crippen LogP contribution in [0.3, 0.4) is 0 Å². The molecule has 1 aromatic heterocycles. The Bertz CT molecular complexity index is 1470. The number of hydrogen-bond donors (Lipinski definition) is 8. The molecule has 0 bridgehead atoms.